The molecule has 0 radical (unpaired) electrons. The van der Waals surface area contributed by atoms with Gasteiger partial charge in [0.15, 0.2) is 0 Å². The Hall–Kier alpha value is -3.01. The second kappa shape index (κ2) is 5.96. The van der Waals surface area contributed by atoms with Crippen molar-refractivity contribution in [1.82, 2.24) is 9.97 Å². The van der Waals surface area contributed by atoms with Crippen molar-refractivity contribution < 1.29 is 4.79 Å². The number of anilines is 1. The lowest BCUT2D eigenvalue weighted by Gasteiger charge is -2.07. The summed E-state index contributed by atoms with van der Waals surface area (Å²) in [4.78, 5) is 20.2. The van der Waals surface area contributed by atoms with Crippen LogP contribution in [0.4, 0.5) is 5.69 Å². The van der Waals surface area contributed by atoms with E-state index in [1.54, 1.807) is 30.7 Å². The van der Waals surface area contributed by atoms with Crippen LogP contribution in [0, 0.1) is 0 Å². The largest absolute Gasteiger partial charge is 0.321 e. The van der Waals surface area contributed by atoms with Gasteiger partial charge in [-0.25, -0.2) is 0 Å². The lowest BCUT2D eigenvalue weighted by atomic mass is 10.1. The summed E-state index contributed by atoms with van der Waals surface area (Å²) in [6.07, 6.45) is 6.56. The van der Waals surface area contributed by atoms with Crippen LogP contribution in [0.5, 0.6) is 0 Å². The molecule has 0 aliphatic carbocycles. The average Bonchev–Trinajstić information content (AvgIpc) is 2.57. The first-order valence-electron chi connectivity index (χ1n) is 6.55. The molecule has 0 atom stereocenters. The third kappa shape index (κ3) is 3.12. The van der Waals surface area contributed by atoms with Gasteiger partial charge >= 0.3 is 0 Å². The number of pyridine rings is 2. The van der Waals surface area contributed by atoms with Crippen molar-refractivity contribution in [3.05, 3.63) is 78.9 Å². The maximum Gasteiger partial charge on any atom is 0.257 e. The molecule has 2 heterocycles. The average molecular weight is 275 g/mol. The van der Waals surface area contributed by atoms with Gasteiger partial charge in [0.1, 0.15) is 0 Å². The Kier molecular flexibility index (Phi) is 3.69. The number of amides is 1. The van der Waals surface area contributed by atoms with E-state index >= 15 is 0 Å². The van der Waals surface area contributed by atoms with Gasteiger partial charge in [-0.05, 0) is 23.8 Å². The summed E-state index contributed by atoms with van der Waals surface area (Å²) in [6.45, 7) is 0. The van der Waals surface area contributed by atoms with E-state index < -0.39 is 0 Å². The topological polar surface area (TPSA) is 54.9 Å². The highest BCUT2D eigenvalue weighted by molar-refractivity contribution is 6.04. The van der Waals surface area contributed by atoms with Crippen molar-refractivity contribution in [3.8, 4) is 11.1 Å². The fraction of sp³-hybridized carbons (Fsp3) is 0. The summed E-state index contributed by atoms with van der Waals surface area (Å²) in [5, 5.41) is 2.83. The van der Waals surface area contributed by atoms with E-state index in [1.165, 1.54) is 6.20 Å². The first-order chi connectivity index (χ1) is 10.3. The number of hydrogen-bond donors (Lipinski definition) is 1. The number of carbonyl (C=O) groups is 1. The molecule has 0 aliphatic rings. The highest BCUT2D eigenvalue weighted by atomic mass is 16.1. The summed E-state index contributed by atoms with van der Waals surface area (Å²) >= 11 is 0. The van der Waals surface area contributed by atoms with E-state index in [1.807, 2.05) is 36.4 Å². The molecule has 102 valence electrons. The van der Waals surface area contributed by atoms with Gasteiger partial charge in [-0.3, -0.25) is 14.8 Å². The highest BCUT2D eigenvalue weighted by Crippen LogP contribution is 2.21. The van der Waals surface area contributed by atoms with Crippen LogP contribution in [0.15, 0.2) is 73.3 Å². The number of carbonyl (C=O) groups excluding carboxylic acids is 1. The molecule has 3 aromatic rings. The minimum absolute atomic E-state index is 0.199. The molecule has 21 heavy (non-hydrogen) atoms. The van der Waals surface area contributed by atoms with Crippen LogP contribution in [-0.2, 0) is 0 Å². The quantitative estimate of drug-likeness (QED) is 0.797. The van der Waals surface area contributed by atoms with Crippen molar-refractivity contribution in [2.45, 2.75) is 0 Å². The molecule has 3 rings (SSSR count). The van der Waals surface area contributed by atoms with Crippen molar-refractivity contribution in [2.24, 2.45) is 0 Å². The van der Waals surface area contributed by atoms with Gasteiger partial charge in [0, 0.05) is 24.2 Å². The lowest BCUT2D eigenvalue weighted by Crippen LogP contribution is -2.12. The zero-order valence-electron chi connectivity index (χ0n) is 11.2. The minimum atomic E-state index is -0.199. The van der Waals surface area contributed by atoms with E-state index in [4.69, 9.17) is 0 Å². The Morgan fingerprint density at radius 1 is 0.857 bits per heavy atom. The predicted octanol–water partition coefficient (Wildman–Crippen LogP) is 3.40. The van der Waals surface area contributed by atoms with Gasteiger partial charge in [0.2, 0.25) is 0 Å². The van der Waals surface area contributed by atoms with Crippen LogP contribution in [0.25, 0.3) is 11.1 Å². The van der Waals surface area contributed by atoms with Gasteiger partial charge in [-0.15, -0.1) is 0 Å². The van der Waals surface area contributed by atoms with Crippen LogP contribution in [0.1, 0.15) is 10.4 Å². The molecule has 1 aromatic carbocycles. The maximum absolute atomic E-state index is 12.1. The molecular weight excluding hydrogens is 262 g/mol. The first-order valence-corrected chi connectivity index (χ1v) is 6.55. The predicted molar refractivity (Wildman–Crippen MR) is 81.9 cm³/mol. The Balaban J connectivity index is 1.83. The van der Waals surface area contributed by atoms with Crippen LogP contribution < -0.4 is 5.32 Å². The molecule has 0 saturated heterocycles. The Morgan fingerprint density at radius 3 is 2.48 bits per heavy atom. The molecule has 0 aliphatic heterocycles. The van der Waals surface area contributed by atoms with Crippen molar-refractivity contribution in [2.75, 3.05) is 5.32 Å². The van der Waals surface area contributed by atoms with E-state index in [9.17, 15) is 4.79 Å². The molecular formula is C17H13N3O. The molecule has 1 N–H and O–H groups in total. The molecule has 2 aromatic heterocycles. The van der Waals surface area contributed by atoms with Crippen LogP contribution in [0.3, 0.4) is 0 Å². The number of rotatable bonds is 3. The number of nitrogens with zero attached hydrogens (tertiary/aromatic N) is 2. The molecule has 1 amide bonds. The van der Waals surface area contributed by atoms with Gasteiger partial charge in [0.25, 0.3) is 5.91 Å². The van der Waals surface area contributed by atoms with E-state index in [-0.39, 0.29) is 5.91 Å². The SMILES string of the molecule is O=C(Nc1cncc(-c2ccccc2)c1)c1cccnc1. The summed E-state index contributed by atoms with van der Waals surface area (Å²) in [6, 6.07) is 15.3. The Labute approximate surface area is 122 Å². The zero-order chi connectivity index (χ0) is 14.5. The summed E-state index contributed by atoms with van der Waals surface area (Å²) in [7, 11) is 0. The Bertz CT molecular complexity index is 742. The maximum atomic E-state index is 12.1. The lowest BCUT2D eigenvalue weighted by molar-refractivity contribution is 0.102. The van der Waals surface area contributed by atoms with E-state index in [0.717, 1.165) is 11.1 Å². The fourth-order valence-corrected chi connectivity index (χ4v) is 2.00. The summed E-state index contributed by atoms with van der Waals surface area (Å²) < 4.78 is 0. The van der Waals surface area contributed by atoms with E-state index in [0.29, 0.717) is 11.3 Å². The number of aromatic nitrogens is 2. The Morgan fingerprint density at radius 2 is 1.71 bits per heavy atom. The van der Waals surface area contributed by atoms with Crippen LogP contribution in [-0.4, -0.2) is 15.9 Å². The summed E-state index contributed by atoms with van der Waals surface area (Å²) in [5.74, 6) is -0.199. The van der Waals surface area contributed by atoms with Crippen LogP contribution in [0.2, 0.25) is 0 Å². The fourth-order valence-electron chi connectivity index (χ4n) is 2.00. The number of nitrogens with one attached hydrogen (secondary N) is 1. The van der Waals surface area contributed by atoms with E-state index in [2.05, 4.69) is 15.3 Å². The van der Waals surface area contributed by atoms with Crippen LogP contribution >= 0.6 is 0 Å². The van der Waals surface area contributed by atoms with Gasteiger partial charge in [-0.1, -0.05) is 30.3 Å². The molecule has 4 nitrogen and oxygen atoms in total. The summed E-state index contributed by atoms with van der Waals surface area (Å²) in [5.41, 5.74) is 3.19. The van der Waals surface area contributed by atoms with Crippen molar-refractivity contribution in [3.63, 3.8) is 0 Å². The third-order valence-electron chi connectivity index (χ3n) is 3.03. The highest BCUT2D eigenvalue weighted by Gasteiger charge is 2.06. The molecule has 0 fully saturated rings. The normalized spacial score (nSPS) is 10.1. The number of hydrogen-bond acceptors (Lipinski definition) is 3. The first kappa shape index (κ1) is 13.0. The minimum Gasteiger partial charge on any atom is -0.321 e. The second-order valence-corrected chi connectivity index (χ2v) is 4.52. The molecule has 0 unspecified atom stereocenters. The standard InChI is InChI=1S/C17H13N3O/c21-17(14-7-4-8-18-10-14)20-16-9-15(11-19-12-16)13-5-2-1-3-6-13/h1-12H,(H,20,21). The molecule has 0 bridgehead atoms. The van der Waals surface area contributed by atoms with Crippen molar-refractivity contribution in [1.29, 1.82) is 0 Å². The molecule has 0 spiro atoms. The smallest absolute Gasteiger partial charge is 0.257 e. The van der Waals surface area contributed by atoms with Crippen molar-refractivity contribution >= 4 is 11.6 Å². The number of benzene rings is 1. The van der Waals surface area contributed by atoms with Gasteiger partial charge < -0.3 is 5.32 Å². The van der Waals surface area contributed by atoms with Gasteiger partial charge in [0.05, 0.1) is 17.4 Å². The van der Waals surface area contributed by atoms with Gasteiger partial charge in [-0.2, -0.15) is 0 Å². The molecule has 0 saturated carbocycles. The second-order valence-electron chi connectivity index (χ2n) is 4.52. The monoisotopic (exact) mass is 275 g/mol. The third-order valence-corrected chi connectivity index (χ3v) is 3.03. The zero-order valence-corrected chi connectivity index (χ0v) is 11.2. The molecule has 4 heteroatoms.